The van der Waals surface area contributed by atoms with Crippen LogP contribution < -0.4 is 4.72 Å². The summed E-state index contributed by atoms with van der Waals surface area (Å²) in [5.41, 5.74) is 1.20. The van der Waals surface area contributed by atoms with E-state index in [1.165, 1.54) is 11.3 Å². The van der Waals surface area contributed by atoms with Gasteiger partial charge in [0.2, 0.25) is 10.0 Å². The molecule has 0 fully saturated rings. The fourth-order valence-electron chi connectivity index (χ4n) is 1.81. The number of aliphatic hydroxyl groups is 1. The maximum Gasteiger partial charge on any atom is 0.241 e. The fraction of sp³-hybridized carbons (Fsp3) is 0.231. The molecule has 7 heteroatoms. The van der Waals surface area contributed by atoms with Crippen LogP contribution in [0, 0.1) is 6.92 Å². The first-order valence-electron chi connectivity index (χ1n) is 5.86. The number of hydrogen-bond donors (Lipinski definition) is 2. The Morgan fingerprint density at radius 3 is 2.75 bits per heavy atom. The zero-order valence-electron chi connectivity index (χ0n) is 10.8. The van der Waals surface area contributed by atoms with Gasteiger partial charge in [-0.25, -0.2) is 13.1 Å². The monoisotopic (exact) mass is 375 g/mol. The largest absolute Gasteiger partial charge is 0.392 e. The van der Waals surface area contributed by atoms with Crippen molar-refractivity contribution in [1.82, 2.24) is 4.72 Å². The first-order valence-corrected chi connectivity index (χ1v) is 9.01. The minimum atomic E-state index is -3.58. The van der Waals surface area contributed by atoms with Gasteiger partial charge in [-0.1, -0.05) is 12.1 Å². The van der Waals surface area contributed by atoms with E-state index < -0.39 is 10.0 Å². The summed E-state index contributed by atoms with van der Waals surface area (Å²) >= 11 is 4.82. The van der Waals surface area contributed by atoms with E-state index in [9.17, 15) is 13.5 Å². The zero-order valence-corrected chi connectivity index (χ0v) is 14.0. The van der Waals surface area contributed by atoms with E-state index in [0.717, 1.165) is 9.35 Å². The average molecular weight is 376 g/mol. The molecule has 0 unspecified atom stereocenters. The molecule has 0 aliphatic carbocycles. The molecule has 0 amide bonds. The summed E-state index contributed by atoms with van der Waals surface area (Å²) in [7, 11) is -3.58. The van der Waals surface area contributed by atoms with Crippen molar-refractivity contribution in [3.63, 3.8) is 0 Å². The second kappa shape index (κ2) is 6.36. The van der Waals surface area contributed by atoms with Crippen LogP contribution in [0.25, 0.3) is 0 Å². The molecule has 1 aromatic heterocycles. The van der Waals surface area contributed by atoms with E-state index in [-0.39, 0.29) is 18.0 Å². The third-order valence-electron chi connectivity index (χ3n) is 2.91. The van der Waals surface area contributed by atoms with E-state index in [1.807, 2.05) is 11.4 Å². The van der Waals surface area contributed by atoms with Crippen LogP contribution in [0.2, 0.25) is 0 Å². The highest BCUT2D eigenvalue weighted by atomic mass is 79.9. The Labute approximate surface area is 130 Å². The summed E-state index contributed by atoms with van der Waals surface area (Å²) in [6, 6.07) is 6.77. The standard InChI is InChI=1S/C13H14BrNO3S2/c1-9-10(7-16)3-2-4-13(9)20(17,18)15-6-12-5-11(14)8-19-12/h2-5,8,15-16H,6-7H2,1H3. The van der Waals surface area contributed by atoms with Gasteiger partial charge in [0, 0.05) is 21.3 Å². The van der Waals surface area contributed by atoms with Gasteiger partial charge in [0.05, 0.1) is 11.5 Å². The quantitative estimate of drug-likeness (QED) is 0.844. The lowest BCUT2D eigenvalue weighted by Gasteiger charge is -2.11. The lowest BCUT2D eigenvalue weighted by atomic mass is 10.1. The van der Waals surface area contributed by atoms with Gasteiger partial charge in [0.25, 0.3) is 0 Å². The Hall–Kier alpha value is -0.730. The highest BCUT2D eigenvalue weighted by molar-refractivity contribution is 9.10. The minimum absolute atomic E-state index is 0.174. The van der Waals surface area contributed by atoms with Crippen LogP contribution >= 0.6 is 27.3 Å². The molecular weight excluding hydrogens is 362 g/mol. The van der Waals surface area contributed by atoms with Crippen molar-refractivity contribution in [2.45, 2.75) is 25.0 Å². The fourth-order valence-corrected chi connectivity index (χ4v) is 4.59. The Kier molecular flexibility index (Phi) is 4.98. The average Bonchev–Trinajstić information content (AvgIpc) is 2.82. The first kappa shape index (κ1) is 15.7. The molecule has 0 spiro atoms. The van der Waals surface area contributed by atoms with Crippen LogP contribution in [0.4, 0.5) is 0 Å². The van der Waals surface area contributed by atoms with Gasteiger partial charge >= 0.3 is 0 Å². The van der Waals surface area contributed by atoms with E-state index in [1.54, 1.807) is 25.1 Å². The van der Waals surface area contributed by atoms with Gasteiger partial charge in [-0.3, -0.25) is 0 Å². The SMILES string of the molecule is Cc1c(CO)cccc1S(=O)(=O)NCc1cc(Br)cs1. The minimum Gasteiger partial charge on any atom is -0.392 e. The number of nitrogens with one attached hydrogen (secondary N) is 1. The number of halogens is 1. The molecule has 2 rings (SSSR count). The molecule has 108 valence electrons. The third kappa shape index (κ3) is 3.48. The topological polar surface area (TPSA) is 66.4 Å². The Balaban J connectivity index is 2.22. The van der Waals surface area contributed by atoms with E-state index in [4.69, 9.17) is 0 Å². The maximum atomic E-state index is 12.3. The van der Waals surface area contributed by atoms with Gasteiger partial charge in [-0.05, 0) is 46.1 Å². The van der Waals surface area contributed by atoms with Crippen LogP contribution in [-0.2, 0) is 23.2 Å². The molecule has 0 bridgehead atoms. The van der Waals surface area contributed by atoms with Crippen molar-refractivity contribution in [3.05, 3.63) is 50.1 Å². The van der Waals surface area contributed by atoms with Crippen molar-refractivity contribution in [1.29, 1.82) is 0 Å². The Morgan fingerprint density at radius 1 is 1.40 bits per heavy atom. The normalized spacial score (nSPS) is 11.8. The van der Waals surface area contributed by atoms with Crippen molar-refractivity contribution in [2.24, 2.45) is 0 Å². The number of thiophene rings is 1. The summed E-state index contributed by atoms with van der Waals surface area (Å²) < 4.78 is 28.1. The summed E-state index contributed by atoms with van der Waals surface area (Å²) in [6.07, 6.45) is 0. The van der Waals surface area contributed by atoms with E-state index in [2.05, 4.69) is 20.7 Å². The molecule has 0 radical (unpaired) electrons. The zero-order chi connectivity index (χ0) is 14.8. The summed E-state index contributed by atoms with van der Waals surface area (Å²) in [5, 5.41) is 11.1. The molecular formula is C13H14BrNO3S2. The van der Waals surface area contributed by atoms with Gasteiger partial charge in [-0.15, -0.1) is 11.3 Å². The molecule has 4 nitrogen and oxygen atoms in total. The lowest BCUT2D eigenvalue weighted by Crippen LogP contribution is -2.23. The molecule has 0 atom stereocenters. The second-order valence-corrected chi connectivity index (χ2v) is 7.90. The van der Waals surface area contributed by atoms with Crippen LogP contribution in [0.1, 0.15) is 16.0 Å². The highest BCUT2D eigenvalue weighted by Gasteiger charge is 2.18. The van der Waals surface area contributed by atoms with E-state index in [0.29, 0.717) is 11.1 Å². The molecule has 0 aliphatic rings. The molecule has 0 aliphatic heterocycles. The van der Waals surface area contributed by atoms with Gasteiger partial charge in [-0.2, -0.15) is 0 Å². The predicted octanol–water partition coefficient (Wildman–Crippen LogP) is 2.79. The summed E-state index contributed by atoms with van der Waals surface area (Å²) in [5.74, 6) is 0. The van der Waals surface area contributed by atoms with Crippen molar-refractivity contribution >= 4 is 37.3 Å². The molecule has 1 aromatic carbocycles. The predicted molar refractivity (Wildman–Crippen MR) is 83.1 cm³/mol. The van der Waals surface area contributed by atoms with E-state index >= 15 is 0 Å². The molecule has 0 saturated heterocycles. The van der Waals surface area contributed by atoms with Crippen LogP contribution in [0.15, 0.2) is 39.0 Å². The molecule has 20 heavy (non-hydrogen) atoms. The summed E-state index contributed by atoms with van der Waals surface area (Å²) in [4.78, 5) is 1.14. The van der Waals surface area contributed by atoms with Gasteiger partial charge < -0.3 is 5.11 Å². The first-order chi connectivity index (χ1) is 9.44. The van der Waals surface area contributed by atoms with Crippen LogP contribution in [-0.4, -0.2) is 13.5 Å². The number of benzene rings is 1. The number of aliphatic hydroxyl groups excluding tert-OH is 1. The second-order valence-electron chi connectivity index (χ2n) is 4.25. The molecule has 1 heterocycles. The lowest BCUT2D eigenvalue weighted by molar-refractivity contribution is 0.280. The van der Waals surface area contributed by atoms with Crippen LogP contribution in [0.5, 0.6) is 0 Å². The Morgan fingerprint density at radius 2 is 2.15 bits per heavy atom. The van der Waals surface area contributed by atoms with Crippen molar-refractivity contribution < 1.29 is 13.5 Å². The smallest absolute Gasteiger partial charge is 0.241 e. The third-order valence-corrected chi connectivity index (χ3v) is 6.16. The van der Waals surface area contributed by atoms with Crippen molar-refractivity contribution in [2.75, 3.05) is 0 Å². The number of rotatable bonds is 5. The number of hydrogen-bond acceptors (Lipinski definition) is 4. The van der Waals surface area contributed by atoms with Gasteiger partial charge in [0.15, 0.2) is 0 Å². The van der Waals surface area contributed by atoms with Crippen LogP contribution in [0.3, 0.4) is 0 Å². The molecule has 0 saturated carbocycles. The Bertz CT molecular complexity index is 710. The van der Waals surface area contributed by atoms with Crippen molar-refractivity contribution in [3.8, 4) is 0 Å². The molecule has 2 N–H and O–H groups in total. The van der Waals surface area contributed by atoms with Gasteiger partial charge in [0.1, 0.15) is 0 Å². The summed E-state index contributed by atoms with van der Waals surface area (Å²) in [6.45, 7) is 1.77. The number of sulfonamides is 1. The molecule has 2 aromatic rings. The maximum absolute atomic E-state index is 12.3. The highest BCUT2D eigenvalue weighted by Crippen LogP contribution is 2.22.